The molecule has 0 radical (unpaired) electrons. The second-order valence-corrected chi connectivity index (χ2v) is 5.56. The molecule has 7 heteroatoms. The van der Waals surface area contributed by atoms with Crippen LogP contribution in [-0.4, -0.2) is 19.2 Å². The van der Waals surface area contributed by atoms with Crippen LogP contribution in [0.25, 0.3) is 0 Å². The number of benzene rings is 1. The number of rotatable bonds is 4. The number of carbonyl (C=O) groups is 1. The smallest absolute Gasteiger partial charge is 0.254 e. The Morgan fingerprint density at radius 2 is 2.11 bits per heavy atom. The molecule has 0 aliphatic carbocycles. The lowest BCUT2D eigenvalue weighted by molar-refractivity contribution is -0.120. The fourth-order valence-corrected chi connectivity index (χ4v) is 3.55. The number of anilines is 1. The third kappa shape index (κ3) is 4.41. The van der Waals surface area contributed by atoms with Gasteiger partial charge in [-0.25, -0.2) is 5.43 Å². The average molecular weight is 468 g/mol. The first-order valence-electron chi connectivity index (χ1n) is 4.94. The molecule has 0 saturated carbocycles. The maximum atomic E-state index is 11.0. The molecule has 94 valence electrons. The number of hydrogen-bond acceptors (Lipinski definition) is 4. The highest BCUT2D eigenvalue weighted by Crippen LogP contribution is 2.25. The van der Waals surface area contributed by atoms with Crippen molar-refractivity contribution < 1.29 is 4.79 Å². The van der Waals surface area contributed by atoms with E-state index >= 15 is 0 Å². The number of nitrogens with one attached hydrogen (secondary N) is 2. The molecular weight excluding hydrogens is 458 g/mol. The summed E-state index contributed by atoms with van der Waals surface area (Å²) in [6.07, 6.45) is 1.37. The zero-order chi connectivity index (χ0) is 13.5. The van der Waals surface area contributed by atoms with Crippen LogP contribution in [0.5, 0.6) is 0 Å². The molecule has 0 unspecified atom stereocenters. The highest BCUT2D eigenvalue weighted by atomic mass is 127. The van der Waals surface area contributed by atoms with Gasteiger partial charge >= 0.3 is 0 Å². The standard InChI is InChI=1S/C11H10I2N4O/c1-15-11-8(12)4-7(5-9(11)13)6-16-17-10(18)2-3-14/h4-6,15H,2H2,1H3,(H,17,18)/b16-6-. The quantitative estimate of drug-likeness (QED) is 0.405. The van der Waals surface area contributed by atoms with Gasteiger partial charge in [-0.3, -0.25) is 4.79 Å². The maximum Gasteiger partial charge on any atom is 0.254 e. The van der Waals surface area contributed by atoms with Gasteiger partial charge in [-0.2, -0.15) is 10.4 Å². The first-order valence-corrected chi connectivity index (χ1v) is 7.10. The van der Waals surface area contributed by atoms with Crippen LogP contribution in [0.1, 0.15) is 12.0 Å². The van der Waals surface area contributed by atoms with Gasteiger partial charge in [0.05, 0.1) is 18.0 Å². The molecule has 0 aromatic heterocycles. The van der Waals surface area contributed by atoms with E-state index in [9.17, 15) is 4.79 Å². The average Bonchev–Trinajstić information content (AvgIpc) is 2.29. The van der Waals surface area contributed by atoms with E-state index in [0.717, 1.165) is 18.4 Å². The predicted molar refractivity (Wildman–Crippen MR) is 87.4 cm³/mol. The molecule has 0 aliphatic heterocycles. The third-order valence-electron chi connectivity index (χ3n) is 1.96. The number of carbonyl (C=O) groups excluding carboxylic acids is 1. The molecule has 0 saturated heterocycles. The molecule has 1 aromatic rings. The van der Waals surface area contributed by atoms with Crippen molar-refractivity contribution in [3.8, 4) is 6.07 Å². The molecule has 0 heterocycles. The summed E-state index contributed by atoms with van der Waals surface area (Å²) in [5, 5.41) is 15.2. The van der Waals surface area contributed by atoms with Crippen LogP contribution in [0.15, 0.2) is 17.2 Å². The molecule has 5 nitrogen and oxygen atoms in total. The van der Waals surface area contributed by atoms with Crippen LogP contribution >= 0.6 is 45.2 Å². The molecule has 1 aromatic carbocycles. The van der Waals surface area contributed by atoms with E-state index in [0.29, 0.717) is 0 Å². The Morgan fingerprint density at radius 3 is 2.61 bits per heavy atom. The predicted octanol–water partition coefficient (Wildman–Crippen LogP) is 2.30. The zero-order valence-corrected chi connectivity index (χ0v) is 13.8. The minimum absolute atomic E-state index is 0.189. The Morgan fingerprint density at radius 1 is 1.50 bits per heavy atom. The SMILES string of the molecule is CNc1c(I)cc(/C=N\NC(=O)CC#N)cc1I. The van der Waals surface area contributed by atoms with Gasteiger partial charge in [0.25, 0.3) is 5.91 Å². The van der Waals surface area contributed by atoms with Crippen LogP contribution in [0.2, 0.25) is 0 Å². The number of amides is 1. The summed E-state index contributed by atoms with van der Waals surface area (Å²) in [5.74, 6) is -0.412. The van der Waals surface area contributed by atoms with E-state index in [1.807, 2.05) is 19.2 Å². The number of nitriles is 1. The van der Waals surface area contributed by atoms with E-state index in [4.69, 9.17) is 5.26 Å². The van der Waals surface area contributed by atoms with Gasteiger partial charge in [-0.15, -0.1) is 0 Å². The van der Waals surface area contributed by atoms with Gasteiger partial charge in [0.15, 0.2) is 0 Å². The van der Waals surface area contributed by atoms with Crippen molar-refractivity contribution in [1.29, 1.82) is 5.26 Å². The van der Waals surface area contributed by atoms with Crippen LogP contribution in [0, 0.1) is 18.5 Å². The zero-order valence-electron chi connectivity index (χ0n) is 9.50. The first kappa shape index (κ1) is 15.2. The lowest BCUT2D eigenvalue weighted by atomic mass is 10.2. The van der Waals surface area contributed by atoms with Gasteiger partial charge in [-0.05, 0) is 62.9 Å². The van der Waals surface area contributed by atoms with Crippen LogP contribution in [0.3, 0.4) is 0 Å². The first-order chi connectivity index (χ1) is 8.58. The van der Waals surface area contributed by atoms with Gasteiger partial charge in [0, 0.05) is 14.2 Å². The van der Waals surface area contributed by atoms with Crippen molar-refractivity contribution >= 4 is 63.0 Å². The van der Waals surface area contributed by atoms with Gasteiger partial charge in [0.2, 0.25) is 0 Å². The molecule has 1 amide bonds. The fraction of sp³-hybridized carbons (Fsp3) is 0.182. The van der Waals surface area contributed by atoms with Gasteiger partial charge in [0.1, 0.15) is 6.42 Å². The number of hydrogen-bond donors (Lipinski definition) is 2. The van der Waals surface area contributed by atoms with Crippen molar-refractivity contribution in [1.82, 2.24) is 5.43 Å². The Kier molecular flexibility index (Phi) is 6.34. The van der Waals surface area contributed by atoms with E-state index < -0.39 is 5.91 Å². The number of halogens is 2. The Hall–Kier alpha value is -0.890. The summed E-state index contributed by atoms with van der Waals surface area (Å²) in [5.41, 5.74) is 4.25. The monoisotopic (exact) mass is 468 g/mol. The Balaban J connectivity index is 2.78. The van der Waals surface area contributed by atoms with Gasteiger partial charge in [-0.1, -0.05) is 0 Å². The van der Waals surface area contributed by atoms with E-state index in [-0.39, 0.29) is 6.42 Å². The minimum atomic E-state index is -0.412. The number of hydrazone groups is 1. The molecule has 0 aliphatic rings. The van der Waals surface area contributed by atoms with E-state index in [1.54, 1.807) is 12.3 Å². The molecule has 0 fully saturated rings. The third-order valence-corrected chi connectivity index (χ3v) is 3.66. The summed E-state index contributed by atoms with van der Waals surface area (Å²) < 4.78 is 2.15. The van der Waals surface area contributed by atoms with Crippen molar-refractivity contribution in [3.05, 3.63) is 24.8 Å². The summed E-state index contributed by atoms with van der Waals surface area (Å²) >= 11 is 4.46. The normalized spacial score (nSPS) is 10.1. The summed E-state index contributed by atoms with van der Waals surface area (Å²) in [4.78, 5) is 11.0. The maximum absolute atomic E-state index is 11.0. The number of nitrogens with zero attached hydrogens (tertiary/aromatic N) is 2. The molecule has 0 atom stereocenters. The van der Waals surface area contributed by atoms with Crippen LogP contribution in [0.4, 0.5) is 5.69 Å². The molecule has 0 bridgehead atoms. The largest absolute Gasteiger partial charge is 0.386 e. The van der Waals surface area contributed by atoms with Crippen molar-refractivity contribution in [2.24, 2.45) is 5.10 Å². The van der Waals surface area contributed by atoms with Crippen molar-refractivity contribution in [2.75, 3.05) is 12.4 Å². The van der Waals surface area contributed by atoms with Crippen LogP contribution < -0.4 is 10.7 Å². The summed E-state index contributed by atoms with van der Waals surface area (Å²) in [6, 6.07) is 5.66. The second kappa shape index (κ2) is 7.52. The Labute approximate surface area is 132 Å². The molecule has 2 N–H and O–H groups in total. The highest BCUT2D eigenvalue weighted by Gasteiger charge is 2.04. The van der Waals surface area contributed by atoms with E-state index in [2.05, 4.69) is 61.0 Å². The molecule has 18 heavy (non-hydrogen) atoms. The van der Waals surface area contributed by atoms with Gasteiger partial charge < -0.3 is 5.32 Å². The second-order valence-electron chi connectivity index (χ2n) is 3.24. The van der Waals surface area contributed by atoms with E-state index in [1.165, 1.54) is 0 Å². The highest BCUT2D eigenvalue weighted by molar-refractivity contribution is 14.1. The molecule has 1 rings (SSSR count). The summed E-state index contributed by atoms with van der Waals surface area (Å²) in [6.45, 7) is 0. The Bertz CT molecular complexity index is 499. The van der Waals surface area contributed by atoms with Crippen molar-refractivity contribution in [2.45, 2.75) is 6.42 Å². The molecular formula is C11H10I2N4O. The lowest BCUT2D eigenvalue weighted by Gasteiger charge is -2.07. The summed E-state index contributed by atoms with van der Waals surface area (Å²) in [7, 11) is 1.87. The fourth-order valence-electron chi connectivity index (χ4n) is 1.20. The minimum Gasteiger partial charge on any atom is -0.386 e. The topological polar surface area (TPSA) is 77.3 Å². The van der Waals surface area contributed by atoms with Crippen LogP contribution in [-0.2, 0) is 4.79 Å². The van der Waals surface area contributed by atoms with Crippen molar-refractivity contribution in [3.63, 3.8) is 0 Å². The lowest BCUT2D eigenvalue weighted by Crippen LogP contribution is -2.16. The molecule has 0 spiro atoms.